The number of hydrogen-bond donors (Lipinski definition) is 2. The van der Waals surface area contributed by atoms with Crippen LogP contribution in [0.3, 0.4) is 0 Å². The number of benzene rings is 1. The second kappa shape index (κ2) is 15.7. The molecular formula is C42H44F2N12O2. The molecule has 1 unspecified atom stereocenters. The summed E-state index contributed by atoms with van der Waals surface area (Å²) in [7, 11) is 0. The summed E-state index contributed by atoms with van der Waals surface area (Å²) in [6.45, 7) is 4.49. The van der Waals surface area contributed by atoms with E-state index in [-0.39, 0.29) is 30.7 Å². The van der Waals surface area contributed by atoms with Gasteiger partial charge in [0.25, 0.3) is 5.92 Å². The number of piperidine rings is 2. The Morgan fingerprint density at radius 1 is 1.03 bits per heavy atom. The number of imide groups is 1. The number of carbonyl (C=O) groups excluding carboxylic acids is 2. The number of nitrogens with zero attached hydrogens (tertiary/aromatic N) is 10. The van der Waals surface area contributed by atoms with Gasteiger partial charge in [0.1, 0.15) is 17.8 Å². The lowest BCUT2D eigenvalue weighted by Gasteiger charge is -2.39. The van der Waals surface area contributed by atoms with Crippen LogP contribution in [0.5, 0.6) is 0 Å². The SMILES string of the molecule is C[C@H](C#N)Nc1cc(-n2ncc3cc(C#N)cnc32)ncc1-n1cc(C2CCC(CCN3CCC(c4ccc([C@@]5(C)CCC(=O)NC5=O)cc4)C(F)(F)C3)CC2)nn1. The predicted octanol–water partition coefficient (Wildman–Crippen LogP) is 6.07. The van der Waals surface area contributed by atoms with Crippen molar-refractivity contribution >= 4 is 28.5 Å². The third-order valence-electron chi connectivity index (χ3n) is 12.3. The highest BCUT2D eigenvalue weighted by Gasteiger charge is 2.46. The van der Waals surface area contributed by atoms with E-state index in [1.807, 2.05) is 11.1 Å². The van der Waals surface area contributed by atoms with Gasteiger partial charge in [0, 0.05) is 30.0 Å². The van der Waals surface area contributed by atoms with Gasteiger partial charge in [-0.3, -0.25) is 19.8 Å². The van der Waals surface area contributed by atoms with E-state index in [2.05, 4.69) is 48.2 Å². The molecule has 3 aliphatic rings. The molecule has 2 N–H and O–H groups in total. The molecule has 1 aliphatic carbocycles. The van der Waals surface area contributed by atoms with E-state index < -0.39 is 23.3 Å². The summed E-state index contributed by atoms with van der Waals surface area (Å²) in [6, 6.07) is 14.3. The van der Waals surface area contributed by atoms with Gasteiger partial charge >= 0.3 is 0 Å². The van der Waals surface area contributed by atoms with Gasteiger partial charge in [0.05, 0.1) is 59.5 Å². The summed E-state index contributed by atoms with van der Waals surface area (Å²) < 4.78 is 34.5. The number of rotatable bonds is 10. The topological polar surface area (TPSA) is 183 Å². The number of aromatic nitrogens is 7. The van der Waals surface area contributed by atoms with Crippen LogP contribution in [0.1, 0.15) is 99.4 Å². The minimum absolute atomic E-state index is 0.218. The number of nitrogens with one attached hydrogen (secondary N) is 2. The average Bonchev–Trinajstić information content (AvgIpc) is 3.89. The van der Waals surface area contributed by atoms with Gasteiger partial charge in [-0.15, -0.1) is 5.10 Å². The Morgan fingerprint density at radius 3 is 2.55 bits per heavy atom. The van der Waals surface area contributed by atoms with Crippen molar-refractivity contribution in [1.82, 2.24) is 45.0 Å². The molecule has 0 bridgehead atoms. The Bertz CT molecular complexity index is 2420. The molecule has 298 valence electrons. The second-order valence-corrected chi connectivity index (χ2v) is 16.2. The summed E-state index contributed by atoms with van der Waals surface area (Å²) in [5.74, 6) is -3.27. The van der Waals surface area contributed by atoms with E-state index in [4.69, 9.17) is 0 Å². The minimum atomic E-state index is -2.88. The first-order valence-corrected chi connectivity index (χ1v) is 19.8. The number of halogens is 2. The monoisotopic (exact) mass is 786 g/mol. The molecule has 2 aliphatic heterocycles. The van der Waals surface area contributed by atoms with Crippen molar-refractivity contribution in [3.05, 3.63) is 83.6 Å². The molecule has 2 amide bonds. The molecule has 0 radical (unpaired) electrons. The van der Waals surface area contributed by atoms with Gasteiger partial charge in [0.2, 0.25) is 11.8 Å². The molecular weight excluding hydrogens is 743 g/mol. The van der Waals surface area contributed by atoms with E-state index in [1.165, 1.54) is 6.20 Å². The van der Waals surface area contributed by atoms with Crippen molar-refractivity contribution in [3.8, 4) is 23.6 Å². The lowest BCUT2D eigenvalue weighted by molar-refractivity contribution is -0.137. The van der Waals surface area contributed by atoms with Crippen molar-refractivity contribution in [3.63, 3.8) is 0 Å². The van der Waals surface area contributed by atoms with Crippen molar-refractivity contribution in [2.24, 2.45) is 5.92 Å². The maximum absolute atomic E-state index is 15.6. The number of alkyl halides is 2. The molecule has 5 aromatic rings. The maximum atomic E-state index is 15.6. The number of hydrogen-bond acceptors (Lipinski definition) is 11. The van der Waals surface area contributed by atoms with Gasteiger partial charge in [-0.05, 0) is 95.0 Å². The molecule has 1 aromatic carbocycles. The summed E-state index contributed by atoms with van der Waals surface area (Å²) in [4.78, 5) is 35.2. The third-order valence-corrected chi connectivity index (χ3v) is 12.3. The fourth-order valence-corrected chi connectivity index (χ4v) is 8.73. The van der Waals surface area contributed by atoms with Gasteiger partial charge < -0.3 is 5.32 Å². The third kappa shape index (κ3) is 7.64. The molecule has 16 heteroatoms. The van der Waals surface area contributed by atoms with E-state index >= 15 is 8.78 Å². The van der Waals surface area contributed by atoms with Crippen molar-refractivity contribution < 1.29 is 18.4 Å². The first-order valence-electron chi connectivity index (χ1n) is 19.8. The Morgan fingerprint density at radius 2 is 1.83 bits per heavy atom. The van der Waals surface area contributed by atoms with Gasteiger partial charge in [-0.2, -0.15) is 20.3 Å². The van der Waals surface area contributed by atoms with Crippen LogP contribution in [0.4, 0.5) is 14.5 Å². The zero-order valence-electron chi connectivity index (χ0n) is 32.4. The van der Waals surface area contributed by atoms with Crippen molar-refractivity contribution in [2.45, 2.75) is 94.4 Å². The molecule has 4 aromatic heterocycles. The van der Waals surface area contributed by atoms with Gasteiger partial charge in [0.15, 0.2) is 11.5 Å². The number of pyridine rings is 2. The Hall–Kier alpha value is -6.13. The number of likely N-dealkylation sites (tertiary alicyclic amines) is 1. The van der Waals surface area contributed by atoms with E-state index in [0.717, 1.165) is 43.4 Å². The van der Waals surface area contributed by atoms with Gasteiger partial charge in [-0.25, -0.2) is 23.4 Å². The molecule has 2 saturated heterocycles. The first kappa shape index (κ1) is 38.7. The number of carbonyl (C=O) groups is 2. The van der Waals surface area contributed by atoms with Crippen LogP contribution < -0.4 is 10.6 Å². The summed E-state index contributed by atoms with van der Waals surface area (Å²) in [5.41, 5.74) is 3.53. The summed E-state index contributed by atoms with van der Waals surface area (Å²) >= 11 is 0. The number of amides is 2. The van der Waals surface area contributed by atoms with E-state index in [9.17, 15) is 20.1 Å². The zero-order valence-corrected chi connectivity index (χ0v) is 32.4. The van der Waals surface area contributed by atoms with Crippen LogP contribution in [-0.4, -0.2) is 83.1 Å². The largest absolute Gasteiger partial charge is 0.368 e. The summed E-state index contributed by atoms with van der Waals surface area (Å²) in [6.07, 6.45) is 12.3. The molecule has 14 nitrogen and oxygen atoms in total. The lowest BCUT2D eigenvalue weighted by Crippen LogP contribution is -2.49. The molecule has 6 heterocycles. The van der Waals surface area contributed by atoms with Crippen molar-refractivity contribution in [1.29, 1.82) is 10.5 Å². The Kier molecular flexibility index (Phi) is 10.5. The normalized spacial score (nSPS) is 24.1. The number of nitriles is 2. The van der Waals surface area contributed by atoms with Crippen LogP contribution in [0.2, 0.25) is 0 Å². The highest BCUT2D eigenvalue weighted by molar-refractivity contribution is 6.03. The van der Waals surface area contributed by atoms with E-state index in [1.54, 1.807) is 72.0 Å². The smallest absolute Gasteiger partial charge is 0.267 e. The molecule has 1 saturated carbocycles. The fourth-order valence-electron chi connectivity index (χ4n) is 8.73. The fraction of sp³-hybridized carbons (Fsp3) is 0.452. The highest BCUT2D eigenvalue weighted by Crippen LogP contribution is 2.42. The predicted molar refractivity (Wildman–Crippen MR) is 209 cm³/mol. The van der Waals surface area contributed by atoms with Crippen LogP contribution in [-0.2, 0) is 15.0 Å². The second-order valence-electron chi connectivity index (χ2n) is 16.2. The van der Waals surface area contributed by atoms with E-state index in [0.29, 0.717) is 71.2 Å². The lowest BCUT2D eigenvalue weighted by atomic mass is 9.75. The Labute approximate surface area is 334 Å². The van der Waals surface area contributed by atoms with Crippen LogP contribution in [0.25, 0.3) is 22.5 Å². The van der Waals surface area contributed by atoms with Crippen LogP contribution >= 0.6 is 0 Å². The number of fused-ring (bicyclic) bond motifs is 1. The van der Waals surface area contributed by atoms with Crippen LogP contribution in [0, 0.1) is 28.6 Å². The summed E-state index contributed by atoms with van der Waals surface area (Å²) in [5, 5.41) is 38.6. The molecule has 0 spiro atoms. The molecule has 3 atom stereocenters. The highest BCUT2D eigenvalue weighted by atomic mass is 19.3. The van der Waals surface area contributed by atoms with Gasteiger partial charge in [-0.1, -0.05) is 29.5 Å². The van der Waals surface area contributed by atoms with Crippen molar-refractivity contribution in [2.75, 3.05) is 25.0 Å². The molecule has 58 heavy (non-hydrogen) atoms. The number of anilines is 1. The van der Waals surface area contributed by atoms with Crippen LogP contribution in [0.15, 0.2) is 61.2 Å². The molecule has 3 fully saturated rings. The average molecular weight is 787 g/mol. The standard InChI is InChI=1S/C42H44F2N12O2/c1-26(19-45)50-34-18-37(56-39-31(22-49-56)17-28(20-46)21-48-39)47-23-36(34)55-24-35(52-53-55)30-5-3-27(4-6-30)12-15-54-16-13-33(42(43,44)25-54)29-7-9-32(10-8-29)41(2)14-11-38(57)51-40(41)58/h7-10,17-18,21-24,26-27,30,33H,3-6,11-16,25H2,1-2H3,(H,47,50)(H,51,57,58)/t26-,27?,30?,33?,41-/m1/s1. The zero-order chi connectivity index (χ0) is 40.6. The maximum Gasteiger partial charge on any atom is 0.267 e. The Balaban J connectivity index is 0.860. The minimum Gasteiger partial charge on any atom is -0.368 e. The first-order chi connectivity index (χ1) is 27.9. The quantitative estimate of drug-likeness (QED) is 0.157. The molecule has 8 rings (SSSR count).